The van der Waals surface area contributed by atoms with E-state index in [9.17, 15) is 4.39 Å². The standard InChI is InChI=1S/C15H20ClFN2/c16-12-9-10(6-7-13(12)17)19-15-4-1-3-11(15)14-5-2-8-18-14/h6-7,9,11,14-15,18-19H,1-5,8H2. The molecule has 3 rings (SSSR count). The molecule has 1 aromatic carbocycles. The molecule has 3 unspecified atom stereocenters. The Morgan fingerprint density at radius 2 is 2.11 bits per heavy atom. The third kappa shape index (κ3) is 2.87. The zero-order valence-electron chi connectivity index (χ0n) is 11.0. The topological polar surface area (TPSA) is 24.1 Å². The summed E-state index contributed by atoms with van der Waals surface area (Å²) in [6, 6.07) is 6.03. The molecule has 0 bridgehead atoms. The summed E-state index contributed by atoms with van der Waals surface area (Å²) in [5.74, 6) is 0.332. The first-order chi connectivity index (χ1) is 9.24. The number of halogens is 2. The summed E-state index contributed by atoms with van der Waals surface area (Å²) >= 11 is 5.84. The van der Waals surface area contributed by atoms with Crippen molar-refractivity contribution in [1.82, 2.24) is 5.32 Å². The molecule has 2 aliphatic rings. The van der Waals surface area contributed by atoms with Gasteiger partial charge in [-0.1, -0.05) is 18.0 Å². The summed E-state index contributed by atoms with van der Waals surface area (Å²) in [7, 11) is 0. The van der Waals surface area contributed by atoms with Crippen molar-refractivity contribution in [2.75, 3.05) is 11.9 Å². The van der Waals surface area contributed by atoms with Gasteiger partial charge in [-0.25, -0.2) is 4.39 Å². The Balaban J connectivity index is 1.69. The van der Waals surface area contributed by atoms with Gasteiger partial charge in [0, 0.05) is 17.8 Å². The molecule has 1 aliphatic heterocycles. The molecule has 1 saturated carbocycles. The lowest BCUT2D eigenvalue weighted by Crippen LogP contribution is -2.38. The summed E-state index contributed by atoms with van der Waals surface area (Å²) in [5.41, 5.74) is 0.932. The van der Waals surface area contributed by atoms with E-state index >= 15 is 0 Å². The molecule has 3 atom stereocenters. The highest BCUT2D eigenvalue weighted by Crippen LogP contribution is 2.34. The van der Waals surface area contributed by atoms with Gasteiger partial charge < -0.3 is 10.6 Å². The zero-order valence-corrected chi connectivity index (χ0v) is 11.7. The summed E-state index contributed by atoms with van der Waals surface area (Å²) in [4.78, 5) is 0. The molecule has 0 aromatic heterocycles. The first-order valence-electron chi connectivity index (χ1n) is 7.19. The van der Waals surface area contributed by atoms with Crippen molar-refractivity contribution < 1.29 is 4.39 Å². The van der Waals surface area contributed by atoms with E-state index in [2.05, 4.69) is 10.6 Å². The van der Waals surface area contributed by atoms with Crippen molar-refractivity contribution in [2.45, 2.75) is 44.2 Å². The fourth-order valence-corrected chi connectivity index (χ4v) is 3.71. The summed E-state index contributed by atoms with van der Waals surface area (Å²) < 4.78 is 13.2. The predicted octanol–water partition coefficient (Wildman–Crippen LogP) is 3.81. The third-order valence-corrected chi connectivity index (χ3v) is 4.75. The van der Waals surface area contributed by atoms with Crippen LogP contribution in [0.4, 0.5) is 10.1 Å². The molecule has 0 radical (unpaired) electrons. The van der Waals surface area contributed by atoms with Gasteiger partial charge >= 0.3 is 0 Å². The number of rotatable bonds is 3. The number of nitrogens with one attached hydrogen (secondary N) is 2. The monoisotopic (exact) mass is 282 g/mol. The third-order valence-electron chi connectivity index (χ3n) is 4.46. The first-order valence-corrected chi connectivity index (χ1v) is 7.57. The minimum Gasteiger partial charge on any atom is -0.382 e. The van der Waals surface area contributed by atoms with Crippen LogP contribution in [0.2, 0.25) is 5.02 Å². The lowest BCUT2D eigenvalue weighted by atomic mass is 9.93. The zero-order chi connectivity index (χ0) is 13.2. The fraction of sp³-hybridized carbons (Fsp3) is 0.600. The van der Waals surface area contributed by atoms with Crippen LogP contribution in [0.1, 0.15) is 32.1 Å². The molecule has 19 heavy (non-hydrogen) atoms. The van der Waals surface area contributed by atoms with Gasteiger partial charge in [-0.2, -0.15) is 0 Å². The Morgan fingerprint density at radius 3 is 2.84 bits per heavy atom. The highest BCUT2D eigenvalue weighted by Gasteiger charge is 2.34. The van der Waals surface area contributed by atoms with Crippen molar-refractivity contribution >= 4 is 17.3 Å². The normalized spacial score (nSPS) is 30.7. The minimum atomic E-state index is -0.354. The second-order valence-corrected chi connectivity index (χ2v) is 6.08. The molecule has 2 fully saturated rings. The highest BCUT2D eigenvalue weighted by atomic mass is 35.5. The van der Waals surface area contributed by atoms with Gasteiger partial charge in [0.1, 0.15) is 5.82 Å². The molecule has 4 heteroatoms. The summed E-state index contributed by atoms with van der Waals surface area (Å²) in [6.45, 7) is 1.15. The first kappa shape index (κ1) is 13.2. The van der Waals surface area contributed by atoms with Crippen LogP contribution in [-0.4, -0.2) is 18.6 Å². The van der Waals surface area contributed by atoms with Gasteiger partial charge in [-0.15, -0.1) is 0 Å². The Hall–Kier alpha value is -0.800. The molecule has 2 N–H and O–H groups in total. The molecular weight excluding hydrogens is 263 g/mol. The van der Waals surface area contributed by atoms with Gasteiger partial charge in [0.25, 0.3) is 0 Å². The van der Waals surface area contributed by atoms with Gasteiger partial charge in [0.15, 0.2) is 0 Å². The van der Waals surface area contributed by atoms with E-state index in [1.54, 1.807) is 12.1 Å². The van der Waals surface area contributed by atoms with Gasteiger partial charge in [-0.05, 0) is 56.3 Å². The van der Waals surface area contributed by atoms with Crippen LogP contribution in [0, 0.1) is 11.7 Å². The quantitative estimate of drug-likeness (QED) is 0.881. The van der Waals surface area contributed by atoms with Crippen LogP contribution in [0.5, 0.6) is 0 Å². The van der Waals surface area contributed by atoms with Crippen LogP contribution in [-0.2, 0) is 0 Å². The van der Waals surface area contributed by atoms with E-state index in [1.165, 1.54) is 38.2 Å². The fourth-order valence-electron chi connectivity index (χ4n) is 3.53. The second-order valence-electron chi connectivity index (χ2n) is 5.68. The van der Waals surface area contributed by atoms with Crippen LogP contribution >= 0.6 is 11.6 Å². The number of benzene rings is 1. The molecule has 1 aromatic rings. The van der Waals surface area contributed by atoms with Crippen molar-refractivity contribution in [3.05, 3.63) is 29.0 Å². The maximum Gasteiger partial charge on any atom is 0.141 e. The number of hydrogen-bond donors (Lipinski definition) is 2. The molecule has 1 aliphatic carbocycles. The van der Waals surface area contributed by atoms with E-state index in [-0.39, 0.29) is 10.8 Å². The van der Waals surface area contributed by atoms with Crippen LogP contribution in [0.25, 0.3) is 0 Å². The maximum atomic E-state index is 13.2. The smallest absolute Gasteiger partial charge is 0.141 e. The maximum absolute atomic E-state index is 13.2. The SMILES string of the molecule is Fc1ccc(NC2CCCC2C2CCCN2)cc1Cl. The Morgan fingerprint density at radius 1 is 1.21 bits per heavy atom. The molecule has 1 saturated heterocycles. The highest BCUT2D eigenvalue weighted by molar-refractivity contribution is 6.31. The van der Waals surface area contributed by atoms with Crippen LogP contribution in [0.3, 0.4) is 0 Å². The molecule has 0 amide bonds. The van der Waals surface area contributed by atoms with Crippen molar-refractivity contribution in [2.24, 2.45) is 5.92 Å². The molecule has 0 spiro atoms. The summed E-state index contributed by atoms with van der Waals surface area (Å²) in [5, 5.41) is 7.35. The van der Waals surface area contributed by atoms with Gasteiger partial charge in [-0.3, -0.25) is 0 Å². The molecular formula is C15H20ClFN2. The minimum absolute atomic E-state index is 0.193. The molecule has 1 heterocycles. The van der Waals surface area contributed by atoms with E-state index in [0.717, 1.165) is 12.2 Å². The van der Waals surface area contributed by atoms with E-state index in [4.69, 9.17) is 11.6 Å². The van der Waals surface area contributed by atoms with Crippen molar-refractivity contribution in [1.29, 1.82) is 0 Å². The average Bonchev–Trinajstić information content (AvgIpc) is 3.04. The largest absolute Gasteiger partial charge is 0.382 e. The van der Waals surface area contributed by atoms with Gasteiger partial charge in [0.05, 0.1) is 5.02 Å². The Labute approximate surface area is 118 Å². The lowest BCUT2D eigenvalue weighted by Gasteiger charge is -2.27. The molecule has 2 nitrogen and oxygen atoms in total. The van der Waals surface area contributed by atoms with Crippen molar-refractivity contribution in [3.63, 3.8) is 0 Å². The van der Waals surface area contributed by atoms with Gasteiger partial charge in [0.2, 0.25) is 0 Å². The van der Waals surface area contributed by atoms with Crippen LogP contribution < -0.4 is 10.6 Å². The van der Waals surface area contributed by atoms with E-state index < -0.39 is 0 Å². The molecule has 104 valence electrons. The Bertz CT molecular complexity index is 446. The summed E-state index contributed by atoms with van der Waals surface area (Å²) in [6.07, 6.45) is 6.32. The van der Waals surface area contributed by atoms with Crippen molar-refractivity contribution in [3.8, 4) is 0 Å². The predicted molar refractivity (Wildman–Crippen MR) is 77.2 cm³/mol. The Kier molecular flexibility index (Phi) is 3.94. The van der Waals surface area contributed by atoms with E-state index in [1.807, 2.05) is 0 Å². The number of hydrogen-bond acceptors (Lipinski definition) is 2. The van der Waals surface area contributed by atoms with Crippen LogP contribution in [0.15, 0.2) is 18.2 Å². The van der Waals surface area contributed by atoms with E-state index in [0.29, 0.717) is 18.0 Å². The lowest BCUT2D eigenvalue weighted by molar-refractivity contribution is 0.376. The average molecular weight is 283 g/mol. The number of anilines is 1. The second kappa shape index (κ2) is 5.68.